The van der Waals surface area contributed by atoms with E-state index >= 15 is 0 Å². The number of nitrogens with zero attached hydrogens (tertiary/aromatic N) is 3. The molecule has 0 spiro atoms. The number of rotatable bonds is 4. The Morgan fingerprint density at radius 3 is 2.75 bits per heavy atom. The monoisotopic (exact) mass is 488 g/mol. The molecule has 1 fully saturated rings. The van der Waals surface area contributed by atoms with Gasteiger partial charge < -0.3 is 4.74 Å². The molecule has 9 heteroatoms. The molecule has 0 bridgehead atoms. The highest BCUT2D eigenvalue weighted by molar-refractivity contribution is 7.08. The van der Waals surface area contributed by atoms with E-state index in [4.69, 9.17) is 33.0 Å². The topological polar surface area (TPSA) is 59.4 Å². The lowest BCUT2D eigenvalue weighted by Crippen LogP contribution is -2.45. The third-order valence-corrected chi connectivity index (χ3v) is 6.88. The molecule has 5 rings (SSSR count). The van der Waals surface area contributed by atoms with Gasteiger partial charge in [0.05, 0.1) is 29.6 Å². The van der Waals surface area contributed by atoms with Gasteiger partial charge in [0.15, 0.2) is 5.69 Å². The van der Waals surface area contributed by atoms with E-state index in [1.165, 1.54) is 6.42 Å². The number of aromatic nitrogens is 2. The van der Waals surface area contributed by atoms with E-state index in [1.54, 1.807) is 28.2 Å². The summed E-state index contributed by atoms with van der Waals surface area (Å²) in [4.78, 5) is 13.2. The Kier molecular flexibility index (Phi) is 6.35. The van der Waals surface area contributed by atoms with Crippen molar-refractivity contribution in [2.75, 3.05) is 19.7 Å². The number of hydrazine groups is 1. The number of carbonyl (C=O) groups excluding carboxylic acids is 1. The summed E-state index contributed by atoms with van der Waals surface area (Å²) in [6.45, 7) is 2.42. The van der Waals surface area contributed by atoms with Gasteiger partial charge in [-0.05, 0) is 59.5 Å². The number of piperidine rings is 1. The van der Waals surface area contributed by atoms with E-state index in [1.807, 2.05) is 22.5 Å². The first-order chi connectivity index (χ1) is 15.6. The summed E-state index contributed by atoms with van der Waals surface area (Å²) in [6.07, 6.45) is 5.41. The first-order valence-corrected chi connectivity index (χ1v) is 12.2. The van der Waals surface area contributed by atoms with E-state index in [0.717, 1.165) is 48.3 Å². The minimum atomic E-state index is -0.229. The minimum Gasteiger partial charge on any atom is -0.372 e. The van der Waals surface area contributed by atoms with Gasteiger partial charge in [-0.3, -0.25) is 10.2 Å². The summed E-state index contributed by atoms with van der Waals surface area (Å²) in [7, 11) is 0. The van der Waals surface area contributed by atoms with Crippen molar-refractivity contribution in [1.29, 1.82) is 0 Å². The molecule has 0 saturated carbocycles. The molecule has 166 valence electrons. The predicted octanol–water partition coefficient (Wildman–Crippen LogP) is 5.44. The van der Waals surface area contributed by atoms with Crippen LogP contribution in [-0.4, -0.2) is 40.4 Å². The largest absolute Gasteiger partial charge is 0.372 e. The van der Waals surface area contributed by atoms with Crippen LogP contribution >= 0.6 is 34.5 Å². The number of thiophene rings is 1. The highest BCUT2D eigenvalue weighted by Crippen LogP contribution is 2.35. The number of fused-ring (bicyclic) bond motifs is 1. The number of nitrogens with one attached hydrogen (secondary N) is 1. The first kappa shape index (κ1) is 21.7. The van der Waals surface area contributed by atoms with E-state index in [-0.39, 0.29) is 5.91 Å². The van der Waals surface area contributed by atoms with Crippen molar-refractivity contribution in [2.24, 2.45) is 0 Å². The maximum absolute atomic E-state index is 13.2. The molecule has 4 heterocycles. The molecule has 2 aliphatic rings. The summed E-state index contributed by atoms with van der Waals surface area (Å²) in [5.74, 6) is -0.229. The molecular weight excluding hydrogens is 467 g/mol. The molecular formula is C23H22Cl2N4O2S. The van der Waals surface area contributed by atoms with E-state index in [0.29, 0.717) is 34.6 Å². The highest BCUT2D eigenvalue weighted by Gasteiger charge is 2.30. The molecule has 0 aliphatic carbocycles. The van der Waals surface area contributed by atoms with Gasteiger partial charge in [0, 0.05) is 29.2 Å². The Hall–Kier alpha value is -2.16. The van der Waals surface area contributed by atoms with Gasteiger partial charge in [-0.15, -0.1) is 0 Å². The number of carbonyl (C=O) groups is 1. The van der Waals surface area contributed by atoms with Gasteiger partial charge >= 0.3 is 0 Å². The molecule has 1 aromatic carbocycles. The predicted molar refractivity (Wildman–Crippen MR) is 128 cm³/mol. The Labute approximate surface area is 200 Å². The summed E-state index contributed by atoms with van der Waals surface area (Å²) >= 11 is 14.3. The van der Waals surface area contributed by atoms with Crippen LogP contribution in [0, 0.1) is 0 Å². The van der Waals surface area contributed by atoms with Crippen molar-refractivity contribution in [3.8, 4) is 5.69 Å². The van der Waals surface area contributed by atoms with Crippen molar-refractivity contribution in [3.63, 3.8) is 0 Å². The van der Waals surface area contributed by atoms with Gasteiger partial charge in [0.1, 0.15) is 0 Å². The summed E-state index contributed by atoms with van der Waals surface area (Å²) in [5.41, 5.74) is 7.68. The van der Waals surface area contributed by atoms with Crippen molar-refractivity contribution in [2.45, 2.75) is 25.9 Å². The maximum Gasteiger partial charge on any atom is 0.286 e. The van der Waals surface area contributed by atoms with E-state index in [9.17, 15) is 4.79 Å². The van der Waals surface area contributed by atoms with Gasteiger partial charge in [0.2, 0.25) is 0 Å². The highest BCUT2D eigenvalue weighted by atomic mass is 35.5. The van der Waals surface area contributed by atoms with E-state index in [2.05, 4.69) is 16.9 Å². The van der Waals surface area contributed by atoms with Crippen molar-refractivity contribution < 1.29 is 9.53 Å². The molecule has 2 aliphatic heterocycles. The summed E-state index contributed by atoms with van der Waals surface area (Å²) < 4.78 is 7.62. The fourth-order valence-corrected chi connectivity index (χ4v) is 5.24. The van der Waals surface area contributed by atoms with Gasteiger partial charge in [-0.2, -0.15) is 16.4 Å². The molecule has 0 radical (unpaired) electrons. The Balaban J connectivity index is 1.61. The zero-order valence-corrected chi connectivity index (χ0v) is 19.6. The lowest BCUT2D eigenvalue weighted by Gasteiger charge is -2.26. The molecule has 1 N–H and O–H groups in total. The SMILES string of the molecule is O=C(NN1CCCCC1)c1nn(-c2ccc(Cl)cc2Cl)c2c1COC/C2=C\c1ccsc1. The molecule has 3 aromatic rings. The van der Waals surface area contributed by atoms with Gasteiger partial charge in [-0.25, -0.2) is 9.69 Å². The lowest BCUT2D eigenvalue weighted by molar-refractivity contribution is 0.0738. The summed E-state index contributed by atoms with van der Waals surface area (Å²) in [5, 5.41) is 11.8. The maximum atomic E-state index is 13.2. The van der Waals surface area contributed by atoms with Crippen molar-refractivity contribution >= 4 is 52.1 Å². The van der Waals surface area contributed by atoms with Crippen LogP contribution in [0.25, 0.3) is 17.3 Å². The zero-order valence-electron chi connectivity index (χ0n) is 17.3. The molecule has 0 unspecified atom stereocenters. The van der Waals surface area contributed by atoms with Crippen molar-refractivity contribution in [3.05, 3.63) is 67.6 Å². The van der Waals surface area contributed by atoms with Crippen LogP contribution in [0.5, 0.6) is 0 Å². The second-order valence-corrected chi connectivity index (χ2v) is 9.51. The number of benzene rings is 1. The Morgan fingerprint density at radius 2 is 2.00 bits per heavy atom. The fraction of sp³-hybridized carbons (Fsp3) is 0.304. The van der Waals surface area contributed by atoms with Crippen LogP contribution in [0.1, 0.15) is 46.6 Å². The molecule has 1 saturated heterocycles. The van der Waals surface area contributed by atoms with Crippen LogP contribution in [0.4, 0.5) is 0 Å². The third kappa shape index (κ3) is 4.36. The lowest BCUT2D eigenvalue weighted by atomic mass is 10.0. The Morgan fingerprint density at radius 1 is 1.16 bits per heavy atom. The number of halogens is 2. The smallest absolute Gasteiger partial charge is 0.286 e. The minimum absolute atomic E-state index is 0.229. The average Bonchev–Trinajstić information content (AvgIpc) is 3.43. The Bertz CT molecular complexity index is 1170. The average molecular weight is 489 g/mol. The van der Waals surface area contributed by atoms with Crippen LogP contribution in [0.15, 0.2) is 35.0 Å². The van der Waals surface area contributed by atoms with Crippen molar-refractivity contribution in [1.82, 2.24) is 20.2 Å². The van der Waals surface area contributed by atoms with Gasteiger partial charge in [-0.1, -0.05) is 29.6 Å². The van der Waals surface area contributed by atoms with E-state index < -0.39 is 0 Å². The quantitative estimate of drug-likeness (QED) is 0.530. The van der Waals surface area contributed by atoms with Gasteiger partial charge in [0.25, 0.3) is 5.91 Å². The van der Waals surface area contributed by atoms with Crippen LogP contribution < -0.4 is 5.43 Å². The zero-order chi connectivity index (χ0) is 22.1. The number of ether oxygens (including phenoxy) is 1. The number of hydrogen-bond acceptors (Lipinski definition) is 5. The molecule has 32 heavy (non-hydrogen) atoms. The first-order valence-electron chi connectivity index (χ1n) is 10.5. The molecule has 2 aromatic heterocycles. The molecule has 1 amide bonds. The second-order valence-electron chi connectivity index (χ2n) is 7.89. The number of hydrogen-bond donors (Lipinski definition) is 1. The van der Waals surface area contributed by atoms with Crippen LogP contribution in [0.2, 0.25) is 10.0 Å². The third-order valence-electron chi connectivity index (χ3n) is 5.64. The summed E-state index contributed by atoms with van der Waals surface area (Å²) in [6, 6.07) is 7.32. The molecule has 0 atom stereocenters. The van der Waals surface area contributed by atoms with Crippen LogP contribution in [0.3, 0.4) is 0 Å². The standard InChI is InChI=1S/C23H22Cl2N4O2S/c24-17-4-5-20(19(25)11-17)29-22-16(10-15-6-9-32-14-15)12-31-13-18(22)21(26-29)23(30)27-28-7-2-1-3-8-28/h4-6,9-11,14H,1-3,7-8,12-13H2,(H,27,30)/b16-10+. The fourth-order valence-electron chi connectivity index (χ4n) is 4.13. The molecule has 6 nitrogen and oxygen atoms in total. The van der Waals surface area contributed by atoms with Crippen LogP contribution in [-0.2, 0) is 11.3 Å². The second kappa shape index (κ2) is 9.37. The number of amides is 1. The normalized spacial score (nSPS) is 18.0.